The second-order valence-corrected chi connectivity index (χ2v) is 5.64. The standard InChI is InChI=1S/C14H28ClNO/c1-4-5-6-7-8-9-10-14(17)16-11-13(15)12(2)3/h12-13H,4-11H2,1-3H3,(H,16,17). The second-order valence-electron chi connectivity index (χ2n) is 5.08. The number of hydrogen-bond donors (Lipinski definition) is 1. The van der Waals surface area contributed by atoms with Crippen molar-refractivity contribution in [2.75, 3.05) is 6.54 Å². The molecule has 0 spiro atoms. The van der Waals surface area contributed by atoms with Gasteiger partial charge in [-0.1, -0.05) is 52.9 Å². The maximum atomic E-state index is 11.5. The van der Waals surface area contributed by atoms with Gasteiger partial charge in [-0.05, 0) is 12.3 Å². The highest BCUT2D eigenvalue weighted by atomic mass is 35.5. The number of carbonyl (C=O) groups excluding carboxylic acids is 1. The van der Waals surface area contributed by atoms with Crippen LogP contribution in [0.25, 0.3) is 0 Å². The quantitative estimate of drug-likeness (QED) is 0.465. The van der Waals surface area contributed by atoms with Crippen LogP contribution in [-0.4, -0.2) is 17.8 Å². The first-order valence-corrected chi connectivity index (χ1v) is 7.42. The number of halogens is 1. The van der Waals surface area contributed by atoms with E-state index in [0.29, 0.717) is 18.9 Å². The molecule has 0 saturated heterocycles. The van der Waals surface area contributed by atoms with Gasteiger partial charge in [0.25, 0.3) is 0 Å². The summed E-state index contributed by atoms with van der Waals surface area (Å²) in [6.45, 7) is 6.94. The smallest absolute Gasteiger partial charge is 0.220 e. The van der Waals surface area contributed by atoms with E-state index in [9.17, 15) is 4.79 Å². The summed E-state index contributed by atoms with van der Waals surface area (Å²) >= 11 is 6.06. The molecule has 2 nitrogen and oxygen atoms in total. The molecule has 17 heavy (non-hydrogen) atoms. The average molecular weight is 262 g/mol. The molecule has 0 saturated carbocycles. The van der Waals surface area contributed by atoms with Crippen molar-refractivity contribution in [3.63, 3.8) is 0 Å². The highest BCUT2D eigenvalue weighted by molar-refractivity contribution is 6.21. The van der Waals surface area contributed by atoms with Crippen LogP contribution in [0.4, 0.5) is 0 Å². The fraction of sp³-hybridized carbons (Fsp3) is 0.929. The number of alkyl halides is 1. The zero-order valence-corrected chi connectivity index (χ0v) is 12.4. The summed E-state index contributed by atoms with van der Waals surface area (Å²) in [5.41, 5.74) is 0. The lowest BCUT2D eigenvalue weighted by atomic mass is 10.1. The highest BCUT2D eigenvalue weighted by Gasteiger charge is 2.10. The van der Waals surface area contributed by atoms with Crippen molar-refractivity contribution < 1.29 is 4.79 Å². The summed E-state index contributed by atoms with van der Waals surface area (Å²) in [6, 6.07) is 0. The number of unbranched alkanes of at least 4 members (excludes halogenated alkanes) is 5. The van der Waals surface area contributed by atoms with Crippen molar-refractivity contribution in [2.45, 2.75) is 71.1 Å². The predicted molar refractivity (Wildman–Crippen MR) is 75.5 cm³/mol. The van der Waals surface area contributed by atoms with E-state index in [1.165, 1.54) is 32.1 Å². The van der Waals surface area contributed by atoms with Crippen LogP contribution < -0.4 is 5.32 Å². The van der Waals surface area contributed by atoms with Gasteiger partial charge in [-0.3, -0.25) is 4.79 Å². The molecule has 0 aliphatic carbocycles. The third kappa shape index (κ3) is 10.6. The van der Waals surface area contributed by atoms with Crippen LogP contribution in [-0.2, 0) is 4.79 Å². The lowest BCUT2D eigenvalue weighted by molar-refractivity contribution is -0.121. The first-order valence-electron chi connectivity index (χ1n) is 6.98. The third-order valence-electron chi connectivity index (χ3n) is 2.98. The minimum atomic E-state index is 0.0449. The summed E-state index contributed by atoms with van der Waals surface area (Å²) in [4.78, 5) is 11.5. The minimum Gasteiger partial charge on any atom is -0.355 e. The first kappa shape index (κ1) is 16.8. The van der Waals surface area contributed by atoms with Crippen LogP contribution in [0.5, 0.6) is 0 Å². The van der Waals surface area contributed by atoms with Gasteiger partial charge in [0.15, 0.2) is 0 Å². The number of hydrogen-bond acceptors (Lipinski definition) is 1. The van der Waals surface area contributed by atoms with E-state index in [-0.39, 0.29) is 11.3 Å². The fourth-order valence-corrected chi connectivity index (χ4v) is 1.68. The molecule has 0 rings (SSSR count). The Bertz CT molecular complexity index is 195. The Kier molecular flexibility index (Phi) is 10.7. The van der Waals surface area contributed by atoms with Crippen LogP contribution in [0.15, 0.2) is 0 Å². The van der Waals surface area contributed by atoms with Gasteiger partial charge < -0.3 is 5.32 Å². The van der Waals surface area contributed by atoms with Gasteiger partial charge in [0.2, 0.25) is 5.91 Å². The molecule has 0 bridgehead atoms. The van der Waals surface area contributed by atoms with Gasteiger partial charge in [0, 0.05) is 13.0 Å². The summed E-state index contributed by atoms with van der Waals surface area (Å²) in [6.07, 6.45) is 7.96. The Morgan fingerprint density at radius 1 is 1.12 bits per heavy atom. The zero-order valence-electron chi connectivity index (χ0n) is 11.6. The Morgan fingerprint density at radius 2 is 1.71 bits per heavy atom. The molecule has 0 heterocycles. The maximum absolute atomic E-state index is 11.5. The highest BCUT2D eigenvalue weighted by Crippen LogP contribution is 2.09. The summed E-state index contributed by atoms with van der Waals surface area (Å²) < 4.78 is 0. The Labute approximate surface area is 111 Å². The van der Waals surface area contributed by atoms with Crippen LogP contribution >= 0.6 is 11.6 Å². The Morgan fingerprint density at radius 3 is 2.29 bits per heavy atom. The molecule has 1 atom stereocenters. The normalized spacial score (nSPS) is 12.8. The van der Waals surface area contributed by atoms with Crippen molar-refractivity contribution in [1.82, 2.24) is 5.32 Å². The monoisotopic (exact) mass is 261 g/mol. The molecular formula is C14H28ClNO. The minimum absolute atomic E-state index is 0.0449. The van der Waals surface area contributed by atoms with Crippen molar-refractivity contribution in [3.05, 3.63) is 0 Å². The average Bonchev–Trinajstić information content (AvgIpc) is 2.30. The van der Waals surface area contributed by atoms with Gasteiger partial charge in [-0.15, -0.1) is 11.6 Å². The molecule has 0 aromatic rings. The molecule has 0 aromatic heterocycles. The molecule has 3 heteroatoms. The lowest BCUT2D eigenvalue weighted by Crippen LogP contribution is -2.31. The van der Waals surface area contributed by atoms with Crippen molar-refractivity contribution in [2.24, 2.45) is 5.92 Å². The van der Waals surface area contributed by atoms with Crippen molar-refractivity contribution in [3.8, 4) is 0 Å². The predicted octanol–water partition coefficient (Wildman–Crippen LogP) is 4.12. The van der Waals surface area contributed by atoms with E-state index in [2.05, 4.69) is 26.1 Å². The third-order valence-corrected chi connectivity index (χ3v) is 3.63. The number of nitrogens with one attached hydrogen (secondary N) is 1. The molecule has 0 fully saturated rings. The van der Waals surface area contributed by atoms with Gasteiger partial charge in [-0.25, -0.2) is 0 Å². The molecule has 0 radical (unpaired) electrons. The molecule has 102 valence electrons. The number of carbonyl (C=O) groups is 1. The van der Waals surface area contributed by atoms with Crippen LogP contribution in [0.3, 0.4) is 0 Å². The van der Waals surface area contributed by atoms with E-state index in [4.69, 9.17) is 11.6 Å². The second kappa shape index (κ2) is 10.9. The SMILES string of the molecule is CCCCCCCCC(=O)NCC(Cl)C(C)C. The molecule has 1 amide bonds. The van der Waals surface area contributed by atoms with Crippen LogP contribution in [0.2, 0.25) is 0 Å². The van der Waals surface area contributed by atoms with Crippen LogP contribution in [0.1, 0.15) is 65.7 Å². The topological polar surface area (TPSA) is 29.1 Å². The summed E-state index contributed by atoms with van der Waals surface area (Å²) in [5, 5.41) is 2.94. The lowest BCUT2D eigenvalue weighted by Gasteiger charge is -2.13. The Hall–Kier alpha value is -0.240. The fourth-order valence-electron chi connectivity index (χ4n) is 1.60. The molecule has 0 aliphatic rings. The molecule has 1 unspecified atom stereocenters. The van der Waals surface area contributed by atoms with E-state index in [0.717, 1.165) is 6.42 Å². The molecule has 0 aromatic carbocycles. The van der Waals surface area contributed by atoms with Crippen molar-refractivity contribution >= 4 is 17.5 Å². The Balaban J connectivity index is 3.35. The molecular weight excluding hydrogens is 234 g/mol. The van der Waals surface area contributed by atoms with Gasteiger partial charge in [0.05, 0.1) is 5.38 Å². The van der Waals surface area contributed by atoms with E-state index >= 15 is 0 Å². The molecule has 0 aliphatic heterocycles. The number of rotatable bonds is 10. The van der Waals surface area contributed by atoms with Gasteiger partial charge >= 0.3 is 0 Å². The largest absolute Gasteiger partial charge is 0.355 e. The van der Waals surface area contributed by atoms with E-state index in [1.54, 1.807) is 0 Å². The van der Waals surface area contributed by atoms with Crippen LogP contribution in [0, 0.1) is 5.92 Å². The van der Waals surface area contributed by atoms with E-state index in [1.807, 2.05) is 0 Å². The van der Waals surface area contributed by atoms with Crippen molar-refractivity contribution in [1.29, 1.82) is 0 Å². The zero-order chi connectivity index (χ0) is 13.1. The number of amides is 1. The van der Waals surface area contributed by atoms with Gasteiger partial charge in [-0.2, -0.15) is 0 Å². The first-order chi connectivity index (χ1) is 8.07. The van der Waals surface area contributed by atoms with Gasteiger partial charge in [0.1, 0.15) is 0 Å². The maximum Gasteiger partial charge on any atom is 0.220 e. The summed E-state index contributed by atoms with van der Waals surface area (Å²) in [5.74, 6) is 0.554. The summed E-state index contributed by atoms with van der Waals surface area (Å²) in [7, 11) is 0. The molecule has 1 N–H and O–H groups in total. The van der Waals surface area contributed by atoms with E-state index < -0.39 is 0 Å².